The van der Waals surface area contributed by atoms with E-state index in [1.807, 2.05) is 0 Å². The van der Waals surface area contributed by atoms with Crippen molar-refractivity contribution < 1.29 is 14.3 Å². The van der Waals surface area contributed by atoms with Crippen LogP contribution in [0.15, 0.2) is 0 Å². The van der Waals surface area contributed by atoms with E-state index in [4.69, 9.17) is 9.47 Å². The van der Waals surface area contributed by atoms with Gasteiger partial charge in [-0.2, -0.15) is 0 Å². The van der Waals surface area contributed by atoms with Crippen molar-refractivity contribution in [3.63, 3.8) is 0 Å². The van der Waals surface area contributed by atoms with E-state index in [1.165, 1.54) is 0 Å². The number of hydrogen-bond donors (Lipinski definition) is 1. The molecule has 0 spiro atoms. The van der Waals surface area contributed by atoms with Gasteiger partial charge in [-0.1, -0.05) is 0 Å². The molecule has 5 nitrogen and oxygen atoms in total. The van der Waals surface area contributed by atoms with Crippen LogP contribution in [0.4, 0.5) is 4.79 Å². The summed E-state index contributed by atoms with van der Waals surface area (Å²) in [5.41, 5.74) is 0. The molecule has 0 unspecified atom stereocenters. The fourth-order valence-corrected chi connectivity index (χ4v) is 1.88. The molecule has 15 heavy (non-hydrogen) atoms. The van der Waals surface area contributed by atoms with Crippen molar-refractivity contribution >= 4 is 6.03 Å². The molecule has 2 fully saturated rings. The fraction of sp³-hybridized carbons (Fsp3) is 0.900. The maximum absolute atomic E-state index is 11.7. The average Bonchev–Trinajstić information content (AvgIpc) is 2.80. The summed E-state index contributed by atoms with van der Waals surface area (Å²) >= 11 is 0. The maximum atomic E-state index is 11.7. The Bertz CT molecular complexity index is 211. The lowest BCUT2D eigenvalue weighted by Crippen LogP contribution is -2.47. The number of nitrogens with zero attached hydrogens (tertiary/aromatic N) is 1. The van der Waals surface area contributed by atoms with Crippen molar-refractivity contribution in [2.45, 2.75) is 18.9 Å². The largest absolute Gasteiger partial charge is 0.378 e. The monoisotopic (exact) mass is 214 g/mol. The zero-order valence-electron chi connectivity index (χ0n) is 8.91. The number of hydrogen-bond acceptors (Lipinski definition) is 3. The van der Waals surface area contributed by atoms with E-state index in [0.717, 1.165) is 19.4 Å². The molecule has 0 radical (unpaired) electrons. The molecule has 0 aromatic heterocycles. The van der Waals surface area contributed by atoms with Gasteiger partial charge in [-0.05, 0) is 12.8 Å². The molecule has 0 aromatic rings. The van der Waals surface area contributed by atoms with Crippen molar-refractivity contribution in [2.24, 2.45) is 0 Å². The lowest BCUT2D eigenvalue weighted by Gasteiger charge is -2.27. The lowest BCUT2D eigenvalue weighted by molar-refractivity contribution is 0.0513. The molecule has 2 aliphatic rings. The SMILES string of the molecule is O=C(NC[C@H]1CCCO1)N1CCOCC1. The van der Waals surface area contributed by atoms with Crippen LogP contribution in [0, 0.1) is 0 Å². The quantitative estimate of drug-likeness (QED) is 0.714. The molecule has 2 amide bonds. The first-order chi connectivity index (χ1) is 7.36. The van der Waals surface area contributed by atoms with Gasteiger partial charge in [0.2, 0.25) is 0 Å². The summed E-state index contributed by atoms with van der Waals surface area (Å²) in [5.74, 6) is 0. The van der Waals surface area contributed by atoms with E-state index in [2.05, 4.69) is 5.32 Å². The number of morpholine rings is 1. The minimum absolute atomic E-state index is 0.00815. The van der Waals surface area contributed by atoms with Gasteiger partial charge < -0.3 is 19.7 Å². The van der Waals surface area contributed by atoms with Gasteiger partial charge in [0.25, 0.3) is 0 Å². The highest BCUT2D eigenvalue weighted by molar-refractivity contribution is 5.74. The molecule has 0 aromatic carbocycles. The number of ether oxygens (including phenoxy) is 2. The predicted octanol–water partition coefficient (Wildman–Crippen LogP) is 0.207. The van der Waals surface area contributed by atoms with E-state index in [-0.39, 0.29) is 12.1 Å². The third-order valence-corrected chi connectivity index (χ3v) is 2.80. The maximum Gasteiger partial charge on any atom is 0.317 e. The second-order valence-electron chi connectivity index (χ2n) is 3.92. The Balaban J connectivity index is 1.66. The summed E-state index contributed by atoms with van der Waals surface area (Å²) in [6.07, 6.45) is 2.39. The van der Waals surface area contributed by atoms with E-state index in [9.17, 15) is 4.79 Å². The van der Waals surface area contributed by atoms with Gasteiger partial charge in [-0.3, -0.25) is 0 Å². The first-order valence-corrected chi connectivity index (χ1v) is 5.58. The van der Waals surface area contributed by atoms with Gasteiger partial charge in [0, 0.05) is 26.2 Å². The minimum atomic E-state index is 0.00815. The lowest BCUT2D eigenvalue weighted by atomic mass is 10.2. The van der Waals surface area contributed by atoms with Crippen LogP contribution in [-0.4, -0.2) is 56.5 Å². The van der Waals surface area contributed by atoms with Crippen molar-refractivity contribution in [3.8, 4) is 0 Å². The molecule has 1 atom stereocenters. The summed E-state index contributed by atoms with van der Waals surface area (Å²) in [7, 11) is 0. The number of urea groups is 1. The number of carbonyl (C=O) groups excluding carboxylic acids is 1. The normalized spacial score (nSPS) is 26.7. The van der Waals surface area contributed by atoms with Gasteiger partial charge in [0.15, 0.2) is 0 Å². The molecule has 86 valence electrons. The van der Waals surface area contributed by atoms with Crippen LogP contribution in [-0.2, 0) is 9.47 Å². The van der Waals surface area contributed by atoms with Crippen LogP contribution in [0.1, 0.15) is 12.8 Å². The first-order valence-electron chi connectivity index (χ1n) is 5.58. The molecular formula is C10H18N2O3. The second-order valence-corrected chi connectivity index (χ2v) is 3.92. The van der Waals surface area contributed by atoms with Crippen LogP contribution in [0.2, 0.25) is 0 Å². The Morgan fingerprint density at radius 3 is 2.80 bits per heavy atom. The van der Waals surface area contributed by atoms with Crippen LogP contribution in [0.25, 0.3) is 0 Å². The van der Waals surface area contributed by atoms with Crippen LogP contribution < -0.4 is 5.32 Å². The number of amides is 2. The van der Waals surface area contributed by atoms with Gasteiger partial charge in [0.1, 0.15) is 0 Å². The minimum Gasteiger partial charge on any atom is -0.378 e. The Labute approximate surface area is 89.7 Å². The predicted molar refractivity (Wildman–Crippen MR) is 54.8 cm³/mol. The second kappa shape index (κ2) is 5.32. The summed E-state index contributed by atoms with van der Waals surface area (Å²) in [4.78, 5) is 13.4. The summed E-state index contributed by atoms with van der Waals surface area (Å²) in [6.45, 7) is 4.14. The highest BCUT2D eigenvalue weighted by Gasteiger charge is 2.19. The van der Waals surface area contributed by atoms with Gasteiger partial charge >= 0.3 is 6.03 Å². The Kier molecular flexibility index (Phi) is 3.80. The zero-order chi connectivity index (χ0) is 10.5. The van der Waals surface area contributed by atoms with E-state index < -0.39 is 0 Å². The van der Waals surface area contributed by atoms with Crippen LogP contribution in [0.3, 0.4) is 0 Å². The standard InChI is InChI=1S/C10H18N2O3/c13-10(12-3-6-14-7-4-12)11-8-9-2-1-5-15-9/h9H,1-8H2,(H,11,13)/t9-/m1/s1. The summed E-state index contributed by atoms with van der Waals surface area (Å²) in [5, 5.41) is 2.90. The molecule has 0 aliphatic carbocycles. The number of carbonyl (C=O) groups is 1. The molecule has 2 aliphatic heterocycles. The molecule has 2 saturated heterocycles. The molecule has 1 N–H and O–H groups in total. The molecule has 2 rings (SSSR count). The van der Waals surface area contributed by atoms with E-state index >= 15 is 0 Å². The highest BCUT2D eigenvalue weighted by atomic mass is 16.5. The number of nitrogens with one attached hydrogen (secondary N) is 1. The van der Waals surface area contributed by atoms with Crippen LogP contribution in [0.5, 0.6) is 0 Å². The van der Waals surface area contributed by atoms with Gasteiger partial charge in [-0.25, -0.2) is 4.79 Å². The smallest absolute Gasteiger partial charge is 0.317 e. The highest BCUT2D eigenvalue weighted by Crippen LogP contribution is 2.10. The topological polar surface area (TPSA) is 50.8 Å². The van der Waals surface area contributed by atoms with E-state index in [1.54, 1.807) is 4.90 Å². The van der Waals surface area contributed by atoms with Gasteiger partial charge in [-0.15, -0.1) is 0 Å². The van der Waals surface area contributed by atoms with E-state index in [0.29, 0.717) is 32.8 Å². The third-order valence-electron chi connectivity index (χ3n) is 2.80. The van der Waals surface area contributed by atoms with Crippen molar-refractivity contribution in [1.82, 2.24) is 10.2 Å². The Morgan fingerprint density at radius 1 is 1.33 bits per heavy atom. The first kappa shape index (κ1) is 10.7. The van der Waals surface area contributed by atoms with Crippen LogP contribution >= 0.6 is 0 Å². The Morgan fingerprint density at radius 2 is 2.13 bits per heavy atom. The summed E-state index contributed by atoms with van der Waals surface area (Å²) in [6, 6.07) is 0.00815. The molecule has 5 heteroatoms. The molecule has 0 bridgehead atoms. The Hall–Kier alpha value is -0.810. The average molecular weight is 214 g/mol. The molecule has 0 saturated carbocycles. The van der Waals surface area contributed by atoms with Crippen molar-refractivity contribution in [2.75, 3.05) is 39.5 Å². The molecule has 2 heterocycles. The molecular weight excluding hydrogens is 196 g/mol. The number of rotatable bonds is 2. The van der Waals surface area contributed by atoms with Crippen molar-refractivity contribution in [1.29, 1.82) is 0 Å². The van der Waals surface area contributed by atoms with Crippen molar-refractivity contribution in [3.05, 3.63) is 0 Å². The summed E-state index contributed by atoms with van der Waals surface area (Å²) < 4.78 is 10.6. The van der Waals surface area contributed by atoms with Gasteiger partial charge in [0.05, 0.1) is 19.3 Å². The third kappa shape index (κ3) is 3.07. The zero-order valence-corrected chi connectivity index (χ0v) is 8.91. The fourth-order valence-electron chi connectivity index (χ4n) is 1.88.